The van der Waals surface area contributed by atoms with Gasteiger partial charge in [0.2, 0.25) is 5.71 Å². The van der Waals surface area contributed by atoms with Crippen molar-refractivity contribution < 1.29 is 28.8 Å². The molecule has 2 fully saturated rings. The van der Waals surface area contributed by atoms with Gasteiger partial charge in [-0.2, -0.15) is 0 Å². The summed E-state index contributed by atoms with van der Waals surface area (Å²) >= 11 is 0. The highest BCUT2D eigenvalue weighted by Crippen LogP contribution is 2.54. The van der Waals surface area contributed by atoms with Crippen molar-refractivity contribution in [1.29, 1.82) is 0 Å². The smallest absolute Gasteiger partial charge is 0.324 e. The normalized spacial score (nSPS) is 29.8. The first-order valence-corrected chi connectivity index (χ1v) is 8.20. The van der Waals surface area contributed by atoms with E-state index in [0.29, 0.717) is 10.6 Å². The minimum Gasteiger partial charge on any atom is -0.468 e. The zero-order valence-electron chi connectivity index (χ0n) is 13.6. The predicted molar refractivity (Wildman–Crippen MR) is 79.2 cm³/mol. The van der Waals surface area contributed by atoms with Crippen LogP contribution in [-0.2, 0) is 23.9 Å². The lowest BCUT2D eigenvalue weighted by molar-refractivity contribution is -0.732. The van der Waals surface area contributed by atoms with E-state index in [0.717, 1.165) is 32.1 Å². The van der Waals surface area contributed by atoms with Crippen molar-refractivity contribution in [1.82, 2.24) is 0 Å². The van der Waals surface area contributed by atoms with Crippen LogP contribution in [0.2, 0.25) is 0 Å². The first-order valence-electron chi connectivity index (χ1n) is 8.20. The Morgan fingerprint density at radius 3 is 2.35 bits per heavy atom. The number of hydrogen-bond acceptors (Lipinski definition) is 6. The van der Waals surface area contributed by atoms with Crippen molar-refractivity contribution in [3.05, 3.63) is 5.21 Å². The van der Waals surface area contributed by atoms with Gasteiger partial charge >= 0.3 is 11.9 Å². The van der Waals surface area contributed by atoms with Gasteiger partial charge in [-0.25, -0.2) is 0 Å². The quantitative estimate of drug-likeness (QED) is 0.443. The largest absolute Gasteiger partial charge is 0.468 e. The van der Waals surface area contributed by atoms with Crippen molar-refractivity contribution in [3.63, 3.8) is 0 Å². The average Bonchev–Trinajstić information content (AvgIpc) is 3.12. The highest BCUT2D eigenvalue weighted by molar-refractivity contribution is 6.08. The molecule has 1 aliphatic heterocycles. The summed E-state index contributed by atoms with van der Waals surface area (Å²) in [4.78, 5) is 30.9. The summed E-state index contributed by atoms with van der Waals surface area (Å²) in [7, 11) is 2.55. The van der Waals surface area contributed by atoms with Crippen LogP contribution in [0.3, 0.4) is 0 Å². The molecule has 128 valence electrons. The maximum atomic E-state index is 12.6. The summed E-state index contributed by atoms with van der Waals surface area (Å²) in [5, 5.41) is 12.2. The Kier molecular flexibility index (Phi) is 4.21. The highest BCUT2D eigenvalue weighted by atomic mass is 16.9. The van der Waals surface area contributed by atoms with Crippen LogP contribution in [0.4, 0.5) is 0 Å². The first kappa shape index (κ1) is 16.1. The van der Waals surface area contributed by atoms with Crippen molar-refractivity contribution in [2.75, 3.05) is 20.8 Å². The molecule has 0 saturated heterocycles. The zero-order chi connectivity index (χ0) is 16.6. The Hall–Kier alpha value is -1.79. The van der Waals surface area contributed by atoms with Crippen LogP contribution < -0.4 is 0 Å². The number of nitrogens with zero attached hydrogens (tertiary/aromatic N) is 1. The van der Waals surface area contributed by atoms with Gasteiger partial charge in [-0.3, -0.25) is 14.8 Å². The maximum Gasteiger partial charge on any atom is 0.324 e. The summed E-state index contributed by atoms with van der Waals surface area (Å²) < 4.78 is 9.94. The van der Waals surface area contributed by atoms with E-state index < -0.39 is 23.3 Å². The molecule has 0 spiro atoms. The van der Waals surface area contributed by atoms with Crippen molar-refractivity contribution in [3.8, 4) is 0 Å². The third kappa shape index (κ3) is 2.28. The van der Waals surface area contributed by atoms with Gasteiger partial charge in [0.15, 0.2) is 5.41 Å². The van der Waals surface area contributed by atoms with E-state index in [1.165, 1.54) is 14.2 Å². The van der Waals surface area contributed by atoms with Gasteiger partial charge in [0.1, 0.15) is 0 Å². The van der Waals surface area contributed by atoms with Crippen molar-refractivity contribution >= 4 is 17.7 Å². The summed E-state index contributed by atoms with van der Waals surface area (Å²) in [6.45, 7) is 0.206. The molecule has 3 aliphatic rings. The van der Waals surface area contributed by atoms with Crippen LogP contribution in [0.5, 0.6) is 0 Å². The fraction of sp³-hybridized carbons (Fsp3) is 0.812. The Bertz CT molecular complexity index is 521. The van der Waals surface area contributed by atoms with Crippen molar-refractivity contribution in [2.45, 2.75) is 38.5 Å². The molecule has 0 unspecified atom stereocenters. The van der Waals surface area contributed by atoms with E-state index in [2.05, 4.69) is 0 Å². The number of ether oxygens (including phenoxy) is 2. The summed E-state index contributed by atoms with van der Waals surface area (Å²) in [6.07, 6.45) is 5.23. The number of carbonyl (C=O) groups is 2. The monoisotopic (exact) mass is 325 g/mol. The van der Waals surface area contributed by atoms with Crippen LogP contribution in [0.1, 0.15) is 38.5 Å². The third-order valence-corrected chi connectivity index (χ3v) is 5.66. The number of hydrogen-bond donors (Lipinski definition) is 0. The molecule has 0 bridgehead atoms. The van der Waals surface area contributed by atoms with Crippen LogP contribution >= 0.6 is 0 Å². The average molecular weight is 325 g/mol. The van der Waals surface area contributed by atoms with Gasteiger partial charge in [-0.15, -0.1) is 0 Å². The van der Waals surface area contributed by atoms with Gasteiger partial charge in [-0.05, 0) is 25.2 Å². The summed E-state index contributed by atoms with van der Waals surface area (Å²) in [5.41, 5.74) is -0.898. The topological polar surface area (TPSA) is 87.9 Å². The molecular formula is C16H23NO6. The second-order valence-electron chi connectivity index (χ2n) is 6.71. The second kappa shape index (κ2) is 6.02. The first-order chi connectivity index (χ1) is 11.1. The van der Waals surface area contributed by atoms with Crippen molar-refractivity contribution in [2.24, 2.45) is 23.2 Å². The van der Waals surface area contributed by atoms with Gasteiger partial charge < -0.3 is 14.3 Å². The van der Waals surface area contributed by atoms with Crippen LogP contribution in [-0.4, -0.2) is 43.4 Å². The molecule has 0 radical (unpaired) electrons. The Morgan fingerprint density at radius 1 is 1.17 bits per heavy atom. The van der Waals surface area contributed by atoms with E-state index in [9.17, 15) is 14.8 Å². The molecule has 7 heteroatoms. The number of methoxy groups -OCH3 is 2. The van der Waals surface area contributed by atoms with E-state index in [1.807, 2.05) is 0 Å². The fourth-order valence-corrected chi connectivity index (χ4v) is 4.75. The van der Waals surface area contributed by atoms with Crippen LogP contribution in [0.25, 0.3) is 0 Å². The molecule has 23 heavy (non-hydrogen) atoms. The molecular weight excluding hydrogens is 302 g/mol. The van der Waals surface area contributed by atoms with Gasteiger partial charge in [0.05, 0.1) is 32.7 Å². The molecule has 2 atom stereocenters. The lowest BCUT2D eigenvalue weighted by atomic mass is 9.67. The predicted octanol–water partition coefficient (Wildman–Crippen LogP) is 1.43. The number of esters is 2. The standard InChI is InChI=1S/C16H23NO6/c1-21-14(18)16(15(19)22-2)8-11-9-23-17(20)13(11)12(16)10-6-4-3-5-7-10/h10-12H,3-9H2,1-2H3/t11-,12-/m1/s1. The molecule has 1 heterocycles. The molecule has 0 amide bonds. The van der Waals surface area contributed by atoms with Gasteiger partial charge in [0.25, 0.3) is 0 Å². The van der Waals surface area contributed by atoms with Gasteiger partial charge in [0, 0.05) is 4.90 Å². The van der Waals surface area contributed by atoms with Crippen LogP contribution in [0, 0.1) is 28.4 Å². The minimum absolute atomic E-state index is 0.0973. The number of carbonyl (C=O) groups excluding carboxylic acids is 2. The molecule has 0 aromatic rings. The van der Waals surface area contributed by atoms with E-state index in [1.54, 1.807) is 0 Å². The molecule has 0 N–H and O–H groups in total. The second-order valence-corrected chi connectivity index (χ2v) is 6.71. The fourth-order valence-electron chi connectivity index (χ4n) is 4.75. The van der Waals surface area contributed by atoms with E-state index >= 15 is 0 Å². The lowest BCUT2D eigenvalue weighted by Crippen LogP contribution is -2.49. The third-order valence-electron chi connectivity index (χ3n) is 5.66. The molecule has 2 saturated carbocycles. The molecule has 3 rings (SSSR count). The Balaban J connectivity index is 2.10. The zero-order valence-corrected chi connectivity index (χ0v) is 13.6. The SMILES string of the molecule is COC(=O)C1(C(=O)OC)C[C@@H]2CO[N+]([O-])=C2[C@H]1C1CCCCC1. The Labute approximate surface area is 135 Å². The summed E-state index contributed by atoms with van der Waals surface area (Å²) in [5.74, 6) is -1.82. The minimum atomic E-state index is -1.42. The molecule has 0 aromatic carbocycles. The van der Waals surface area contributed by atoms with Gasteiger partial charge in [-0.1, -0.05) is 19.3 Å². The van der Waals surface area contributed by atoms with E-state index in [-0.39, 0.29) is 24.9 Å². The van der Waals surface area contributed by atoms with Crippen LogP contribution in [0.15, 0.2) is 0 Å². The lowest BCUT2D eigenvalue weighted by Gasteiger charge is -2.35. The number of fused-ring (bicyclic) bond motifs is 1. The van der Waals surface area contributed by atoms with E-state index in [4.69, 9.17) is 14.3 Å². The molecule has 7 nitrogen and oxygen atoms in total. The Morgan fingerprint density at radius 2 is 1.78 bits per heavy atom. The maximum absolute atomic E-state index is 12.6. The molecule has 0 aromatic heterocycles. The summed E-state index contributed by atoms with van der Waals surface area (Å²) in [6, 6.07) is 0. The highest BCUT2D eigenvalue weighted by Gasteiger charge is 2.69. The molecule has 2 aliphatic carbocycles. The number of rotatable bonds is 3.